The lowest BCUT2D eigenvalue weighted by Crippen LogP contribution is -2.17. The predicted octanol–water partition coefficient (Wildman–Crippen LogP) is 4.14. The summed E-state index contributed by atoms with van der Waals surface area (Å²) in [4.78, 5) is 6.39. The lowest BCUT2D eigenvalue weighted by molar-refractivity contribution is 0.416. The first-order chi connectivity index (χ1) is 14.1. The molecule has 0 saturated heterocycles. The summed E-state index contributed by atoms with van der Waals surface area (Å²) in [6.45, 7) is 0.814. The SMILES string of the molecule is COc1cc(Nc2nc3n(n2)CCCC3c2ccc(F)cc2)ccc1N(C)C=N. The van der Waals surface area contributed by atoms with Crippen LogP contribution >= 0.6 is 0 Å². The molecule has 29 heavy (non-hydrogen) atoms. The molecular weight excluding hydrogens is 371 g/mol. The quantitative estimate of drug-likeness (QED) is 0.485. The van der Waals surface area contributed by atoms with Crippen LogP contribution in [0.25, 0.3) is 0 Å². The largest absolute Gasteiger partial charge is 0.494 e. The number of rotatable bonds is 6. The van der Waals surface area contributed by atoms with Gasteiger partial charge in [-0.25, -0.2) is 9.07 Å². The first kappa shape index (κ1) is 18.9. The molecular formula is C21H23FN6O. The van der Waals surface area contributed by atoms with Gasteiger partial charge in [-0.05, 0) is 42.7 Å². The van der Waals surface area contributed by atoms with Crippen LogP contribution in [0.15, 0.2) is 42.5 Å². The number of fused-ring (bicyclic) bond motifs is 1. The van der Waals surface area contributed by atoms with Crippen molar-refractivity contribution in [2.24, 2.45) is 0 Å². The van der Waals surface area contributed by atoms with Gasteiger partial charge >= 0.3 is 0 Å². The molecule has 1 aromatic heterocycles. The molecule has 1 aliphatic rings. The van der Waals surface area contributed by atoms with Crippen molar-refractivity contribution in [3.05, 3.63) is 59.7 Å². The second-order valence-corrected chi connectivity index (χ2v) is 7.01. The highest BCUT2D eigenvalue weighted by atomic mass is 19.1. The maximum atomic E-state index is 13.3. The topological polar surface area (TPSA) is 79.1 Å². The number of hydrogen-bond donors (Lipinski definition) is 2. The van der Waals surface area contributed by atoms with E-state index in [0.29, 0.717) is 11.7 Å². The zero-order chi connectivity index (χ0) is 20.4. The molecule has 1 unspecified atom stereocenters. The molecule has 4 rings (SSSR count). The summed E-state index contributed by atoms with van der Waals surface area (Å²) in [5.41, 5.74) is 2.64. The number of anilines is 3. The van der Waals surface area contributed by atoms with Crippen molar-refractivity contribution in [1.29, 1.82) is 5.41 Å². The molecule has 2 aromatic carbocycles. The van der Waals surface area contributed by atoms with E-state index in [1.165, 1.54) is 18.5 Å². The standard InChI is InChI=1S/C21H23FN6O/c1-27(13-23)18-10-9-16(12-19(18)29-2)24-21-25-20-17(4-3-11-28(20)26-21)14-5-7-15(22)8-6-14/h5-10,12-13,17,23H,3-4,11H2,1-2H3,(H,24,26). The van der Waals surface area contributed by atoms with Crippen LogP contribution < -0.4 is 15.0 Å². The number of hydrogen-bond acceptors (Lipinski definition) is 5. The van der Waals surface area contributed by atoms with Crippen LogP contribution in [-0.4, -0.2) is 35.3 Å². The van der Waals surface area contributed by atoms with Gasteiger partial charge in [-0.1, -0.05) is 12.1 Å². The third kappa shape index (κ3) is 3.78. The number of nitrogens with one attached hydrogen (secondary N) is 2. The highest BCUT2D eigenvalue weighted by Gasteiger charge is 2.26. The average molecular weight is 394 g/mol. The Morgan fingerprint density at radius 1 is 1.28 bits per heavy atom. The van der Waals surface area contributed by atoms with Gasteiger partial charge in [-0.3, -0.25) is 5.41 Å². The highest BCUT2D eigenvalue weighted by Crippen LogP contribution is 2.34. The average Bonchev–Trinajstić information content (AvgIpc) is 3.16. The van der Waals surface area contributed by atoms with Crippen molar-refractivity contribution in [2.75, 3.05) is 24.4 Å². The zero-order valence-electron chi connectivity index (χ0n) is 16.4. The molecule has 0 amide bonds. The molecule has 2 heterocycles. The minimum Gasteiger partial charge on any atom is -0.494 e. The van der Waals surface area contributed by atoms with E-state index in [-0.39, 0.29) is 11.7 Å². The van der Waals surface area contributed by atoms with Crippen LogP contribution in [-0.2, 0) is 6.54 Å². The third-order valence-corrected chi connectivity index (χ3v) is 5.16. The van der Waals surface area contributed by atoms with Crippen molar-refractivity contribution < 1.29 is 9.13 Å². The van der Waals surface area contributed by atoms with Gasteiger partial charge in [0.1, 0.15) is 17.4 Å². The fraction of sp³-hybridized carbons (Fsp3) is 0.286. The number of methoxy groups -OCH3 is 1. The Kier molecular flexibility index (Phi) is 5.16. The van der Waals surface area contributed by atoms with Crippen LogP contribution in [0.1, 0.15) is 30.1 Å². The summed E-state index contributed by atoms with van der Waals surface area (Å²) >= 11 is 0. The van der Waals surface area contributed by atoms with Crippen LogP contribution in [0.2, 0.25) is 0 Å². The molecule has 150 valence electrons. The van der Waals surface area contributed by atoms with E-state index in [2.05, 4.69) is 10.4 Å². The van der Waals surface area contributed by atoms with Crippen molar-refractivity contribution >= 4 is 23.7 Å². The van der Waals surface area contributed by atoms with E-state index in [1.807, 2.05) is 35.0 Å². The molecule has 0 fully saturated rings. The Bertz CT molecular complexity index is 1020. The van der Waals surface area contributed by atoms with E-state index in [9.17, 15) is 4.39 Å². The van der Waals surface area contributed by atoms with Gasteiger partial charge in [0, 0.05) is 31.3 Å². The van der Waals surface area contributed by atoms with E-state index in [4.69, 9.17) is 15.1 Å². The molecule has 0 radical (unpaired) electrons. The fourth-order valence-corrected chi connectivity index (χ4v) is 3.66. The van der Waals surface area contributed by atoms with Crippen molar-refractivity contribution in [3.8, 4) is 5.75 Å². The summed E-state index contributed by atoms with van der Waals surface area (Å²) in [6.07, 6.45) is 3.18. The van der Waals surface area contributed by atoms with Gasteiger partial charge in [-0.2, -0.15) is 4.98 Å². The minimum absolute atomic E-state index is 0.102. The summed E-state index contributed by atoms with van der Waals surface area (Å²) in [6, 6.07) is 12.2. The number of aryl methyl sites for hydroxylation is 1. The van der Waals surface area contributed by atoms with Gasteiger partial charge < -0.3 is 15.0 Å². The van der Waals surface area contributed by atoms with Gasteiger partial charge in [0.25, 0.3) is 0 Å². The van der Waals surface area contributed by atoms with E-state index in [0.717, 1.165) is 42.1 Å². The van der Waals surface area contributed by atoms with Gasteiger partial charge in [0.15, 0.2) is 0 Å². The normalized spacial score (nSPS) is 15.5. The lowest BCUT2D eigenvalue weighted by Gasteiger charge is -2.22. The summed E-state index contributed by atoms with van der Waals surface area (Å²) in [5.74, 6) is 1.92. The number of benzene rings is 2. The van der Waals surface area contributed by atoms with Crippen molar-refractivity contribution in [3.63, 3.8) is 0 Å². The van der Waals surface area contributed by atoms with Gasteiger partial charge in [0.2, 0.25) is 5.95 Å². The van der Waals surface area contributed by atoms with E-state index >= 15 is 0 Å². The van der Waals surface area contributed by atoms with Crippen molar-refractivity contribution in [2.45, 2.75) is 25.3 Å². The maximum absolute atomic E-state index is 13.3. The third-order valence-electron chi connectivity index (χ3n) is 5.16. The first-order valence-corrected chi connectivity index (χ1v) is 9.47. The Balaban J connectivity index is 1.60. The van der Waals surface area contributed by atoms with Crippen LogP contribution in [0, 0.1) is 11.2 Å². The molecule has 0 spiro atoms. The summed E-state index contributed by atoms with van der Waals surface area (Å²) in [7, 11) is 3.39. The number of ether oxygens (including phenoxy) is 1. The number of nitrogens with zero attached hydrogens (tertiary/aromatic N) is 4. The zero-order valence-corrected chi connectivity index (χ0v) is 16.4. The van der Waals surface area contributed by atoms with E-state index in [1.54, 1.807) is 19.1 Å². The summed E-state index contributed by atoms with van der Waals surface area (Å²) in [5, 5.41) is 15.3. The van der Waals surface area contributed by atoms with Crippen LogP contribution in [0.3, 0.4) is 0 Å². The van der Waals surface area contributed by atoms with Gasteiger partial charge in [-0.15, -0.1) is 5.10 Å². The van der Waals surface area contributed by atoms with E-state index < -0.39 is 0 Å². The summed E-state index contributed by atoms with van der Waals surface area (Å²) < 4.78 is 20.7. The molecule has 7 nitrogen and oxygen atoms in total. The Morgan fingerprint density at radius 3 is 2.79 bits per heavy atom. The fourth-order valence-electron chi connectivity index (χ4n) is 3.66. The molecule has 1 atom stereocenters. The molecule has 3 aromatic rings. The smallest absolute Gasteiger partial charge is 0.246 e. The number of halogens is 1. The number of aromatic nitrogens is 3. The Labute approximate surface area is 168 Å². The van der Waals surface area contributed by atoms with Crippen LogP contribution in [0.4, 0.5) is 21.7 Å². The minimum atomic E-state index is -0.237. The molecule has 0 aliphatic carbocycles. The highest BCUT2D eigenvalue weighted by molar-refractivity contribution is 5.81. The van der Waals surface area contributed by atoms with Crippen LogP contribution in [0.5, 0.6) is 5.75 Å². The maximum Gasteiger partial charge on any atom is 0.246 e. The molecule has 8 heteroatoms. The lowest BCUT2D eigenvalue weighted by atomic mass is 9.91. The monoisotopic (exact) mass is 394 g/mol. The molecule has 0 saturated carbocycles. The predicted molar refractivity (Wildman–Crippen MR) is 111 cm³/mol. The Hall–Kier alpha value is -3.42. The second-order valence-electron chi connectivity index (χ2n) is 7.01. The second kappa shape index (κ2) is 7.90. The van der Waals surface area contributed by atoms with Crippen molar-refractivity contribution in [1.82, 2.24) is 14.8 Å². The van der Waals surface area contributed by atoms with Gasteiger partial charge in [0.05, 0.1) is 19.1 Å². The Morgan fingerprint density at radius 2 is 2.07 bits per heavy atom. The molecule has 2 N–H and O–H groups in total. The molecule has 0 bridgehead atoms. The first-order valence-electron chi connectivity index (χ1n) is 9.47. The molecule has 1 aliphatic heterocycles.